The highest BCUT2D eigenvalue weighted by Crippen LogP contribution is 2.45. The summed E-state index contributed by atoms with van der Waals surface area (Å²) in [7, 11) is 0. The van der Waals surface area contributed by atoms with Gasteiger partial charge >= 0.3 is 0 Å². The summed E-state index contributed by atoms with van der Waals surface area (Å²) < 4.78 is 6.10. The quantitative estimate of drug-likeness (QED) is 0.706. The highest BCUT2D eigenvalue weighted by Gasteiger charge is 2.56. The molecule has 1 unspecified atom stereocenters. The van der Waals surface area contributed by atoms with Crippen LogP contribution >= 0.6 is 0 Å². The Balaban J connectivity index is 1.25. The zero-order valence-electron chi connectivity index (χ0n) is 17.7. The first kappa shape index (κ1) is 19.7. The Labute approximate surface area is 165 Å². The lowest BCUT2D eigenvalue weighted by molar-refractivity contribution is -0.131. The third kappa shape index (κ3) is 4.06. The fourth-order valence-corrected chi connectivity index (χ4v) is 5.96. The van der Waals surface area contributed by atoms with Gasteiger partial charge in [0.1, 0.15) is 5.72 Å². The number of hydrogen-bond donors (Lipinski definition) is 0. The average Bonchev–Trinajstić information content (AvgIpc) is 3.50. The summed E-state index contributed by atoms with van der Waals surface area (Å²) in [5, 5.41) is 0. The van der Waals surface area contributed by atoms with E-state index in [9.17, 15) is 4.79 Å². The van der Waals surface area contributed by atoms with Crippen molar-refractivity contribution in [1.82, 2.24) is 14.7 Å². The highest BCUT2D eigenvalue weighted by molar-refractivity contribution is 5.73. The molecular formula is C22H39N3O2. The molecule has 0 aliphatic carbocycles. The Morgan fingerprint density at radius 2 is 1.52 bits per heavy atom. The number of ether oxygens (including phenoxy) is 1. The molecule has 0 aromatic carbocycles. The highest BCUT2D eigenvalue weighted by atomic mass is 16.6. The second kappa shape index (κ2) is 8.00. The van der Waals surface area contributed by atoms with Gasteiger partial charge in [0.05, 0.1) is 6.61 Å². The average molecular weight is 378 g/mol. The van der Waals surface area contributed by atoms with Crippen LogP contribution in [0.4, 0.5) is 0 Å². The summed E-state index contributed by atoms with van der Waals surface area (Å²) in [6.45, 7) is 14.2. The number of carbonyl (C=O) groups excluding carboxylic acids is 1. The molecule has 0 aromatic rings. The van der Waals surface area contributed by atoms with Gasteiger partial charge in [-0.25, -0.2) is 0 Å². The van der Waals surface area contributed by atoms with Gasteiger partial charge < -0.3 is 14.5 Å². The van der Waals surface area contributed by atoms with Crippen LogP contribution in [-0.2, 0) is 9.53 Å². The smallest absolute Gasteiger partial charge is 0.219 e. The van der Waals surface area contributed by atoms with Gasteiger partial charge in [0, 0.05) is 45.1 Å². The first-order valence-corrected chi connectivity index (χ1v) is 11.4. The first-order valence-electron chi connectivity index (χ1n) is 11.4. The number of epoxide rings is 1. The molecule has 27 heavy (non-hydrogen) atoms. The zero-order chi connectivity index (χ0) is 19.0. The van der Waals surface area contributed by atoms with E-state index in [-0.39, 0.29) is 11.6 Å². The van der Waals surface area contributed by atoms with Crippen molar-refractivity contribution < 1.29 is 9.53 Å². The summed E-state index contributed by atoms with van der Waals surface area (Å²) in [5.74, 6) is 2.60. The van der Waals surface area contributed by atoms with Crippen molar-refractivity contribution in [2.24, 2.45) is 17.8 Å². The number of piperidine rings is 3. The summed E-state index contributed by atoms with van der Waals surface area (Å²) in [5.41, 5.74) is 0.0124. The minimum absolute atomic E-state index is 0.0124. The van der Waals surface area contributed by atoms with E-state index in [0.717, 1.165) is 50.4 Å². The lowest BCUT2D eigenvalue weighted by Gasteiger charge is -2.45. The number of nitrogens with zero attached hydrogens (tertiary/aromatic N) is 3. The van der Waals surface area contributed by atoms with Crippen molar-refractivity contribution in [1.29, 1.82) is 0 Å². The second-order valence-corrected chi connectivity index (χ2v) is 9.75. The largest absolute Gasteiger partial charge is 0.353 e. The predicted octanol–water partition coefficient (Wildman–Crippen LogP) is 2.80. The van der Waals surface area contributed by atoms with Gasteiger partial charge in [-0.3, -0.25) is 9.69 Å². The molecule has 154 valence electrons. The van der Waals surface area contributed by atoms with E-state index >= 15 is 0 Å². The Morgan fingerprint density at radius 1 is 0.926 bits per heavy atom. The normalized spacial score (nSPS) is 33.0. The van der Waals surface area contributed by atoms with Crippen LogP contribution in [0, 0.1) is 17.8 Å². The molecule has 0 N–H and O–H groups in total. The van der Waals surface area contributed by atoms with Gasteiger partial charge in [-0.1, -0.05) is 13.8 Å². The molecule has 0 bridgehead atoms. The second-order valence-electron chi connectivity index (χ2n) is 9.75. The summed E-state index contributed by atoms with van der Waals surface area (Å²) in [6, 6.07) is 0.782. The number of amides is 1. The minimum atomic E-state index is 0.0124. The molecular weight excluding hydrogens is 338 g/mol. The van der Waals surface area contributed by atoms with Crippen LogP contribution in [0.5, 0.6) is 0 Å². The van der Waals surface area contributed by atoms with Gasteiger partial charge in [0.25, 0.3) is 0 Å². The zero-order valence-corrected chi connectivity index (χ0v) is 17.7. The summed E-state index contributed by atoms with van der Waals surface area (Å²) in [4.78, 5) is 19.0. The third-order valence-electron chi connectivity index (χ3n) is 8.05. The van der Waals surface area contributed by atoms with Gasteiger partial charge in [-0.15, -0.1) is 0 Å². The molecule has 4 heterocycles. The molecule has 0 aromatic heterocycles. The van der Waals surface area contributed by atoms with Gasteiger partial charge in [-0.2, -0.15) is 0 Å². The van der Waals surface area contributed by atoms with E-state index < -0.39 is 0 Å². The Bertz CT molecular complexity index is 510. The van der Waals surface area contributed by atoms with Crippen LogP contribution in [0.25, 0.3) is 0 Å². The molecule has 1 amide bonds. The lowest BCUT2D eigenvalue weighted by Crippen LogP contribution is -2.54. The monoisotopic (exact) mass is 377 g/mol. The van der Waals surface area contributed by atoms with E-state index in [4.69, 9.17) is 4.74 Å². The number of likely N-dealkylation sites (tertiary alicyclic amines) is 3. The Kier molecular flexibility index (Phi) is 5.82. The lowest BCUT2D eigenvalue weighted by atomic mass is 9.85. The summed E-state index contributed by atoms with van der Waals surface area (Å²) in [6.07, 6.45) is 7.57. The summed E-state index contributed by atoms with van der Waals surface area (Å²) >= 11 is 0. The molecule has 4 aliphatic rings. The number of rotatable bonds is 4. The van der Waals surface area contributed by atoms with Crippen molar-refractivity contribution in [2.45, 2.75) is 71.1 Å². The van der Waals surface area contributed by atoms with E-state index in [2.05, 4.69) is 23.6 Å². The van der Waals surface area contributed by atoms with Crippen LogP contribution in [-0.4, -0.2) is 78.2 Å². The van der Waals surface area contributed by atoms with Crippen molar-refractivity contribution >= 4 is 5.91 Å². The number of hydrogen-bond acceptors (Lipinski definition) is 4. The third-order valence-corrected chi connectivity index (χ3v) is 8.05. The molecule has 4 fully saturated rings. The minimum Gasteiger partial charge on any atom is -0.353 e. The van der Waals surface area contributed by atoms with Crippen LogP contribution in [0.3, 0.4) is 0 Å². The topological polar surface area (TPSA) is 39.3 Å². The van der Waals surface area contributed by atoms with Crippen LogP contribution < -0.4 is 0 Å². The van der Waals surface area contributed by atoms with Crippen molar-refractivity contribution in [2.75, 3.05) is 45.9 Å². The molecule has 0 spiro atoms. The molecule has 5 heteroatoms. The maximum absolute atomic E-state index is 11.6. The molecule has 5 nitrogen and oxygen atoms in total. The van der Waals surface area contributed by atoms with Gasteiger partial charge in [-0.05, 0) is 63.5 Å². The standard InChI is InChI=1S/C22H39N3O2/c1-17(2)19-4-10-24(11-5-19)21-8-14-25(15-9-21)22(16-27-22)20-6-12-23(13-7-20)18(3)26/h17,19-21H,4-16H2,1-3H3. The Hall–Kier alpha value is -0.650. The fourth-order valence-electron chi connectivity index (χ4n) is 5.96. The first-order chi connectivity index (χ1) is 13.0. The maximum atomic E-state index is 11.6. The van der Waals surface area contributed by atoms with E-state index in [1.807, 2.05) is 4.90 Å². The van der Waals surface area contributed by atoms with Crippen LogP contribution in [0.15, 0.2) is 0 Å². The van der Waals surface area contributed by atoms with Crippen molar-refractivity contribution in [3.63, 3.8) is 0 Å². The van der Waals surface area contributed by atoms with Crippen LogP contribution in [0.2, 0.25) is 0 Å². The van der Waals surface area contributed by atoms with Gasteiger partial charge in [0.2, 0.25) is 5.91 Å². The van der Waals surface area contributed by atoms with E-state index in [1.54, 1.807) is 6.92 Å². The molecule has 4 saturated heterocycles. The number of carbonyl (C=O) groups is 1. The Morgan fingerprint density at radius 3 is 2.00 bits per heavy atom. The maximum Gasteiger partial charge on any atom is 0.219 e. The molecule has 0 saturated carbocycles. The van der Waals surface area contributed by atoms with Crippen LogP contribution in [0.1, 0.15) is 59.3 Å². The molecule has 0 radical (unpaired) electrons. The van der Waals surface area contributed by atoms with E-state index in [1.165, 1.54) is 51.9 Å². The molecule has 1 atom stereocenters. The van der Waals surface area contributed by atoms with Crippen molar-refractivity contribution in [3.05, 3.63) is 0 Å². The molecule has 4 aliphatic heterocycles. The fraction of sp³-hybridized carbons (Fsp3) is 0.955. The molecule has 4 rings (SSSR count). The van der Waals surface area contributed by atoms with Crippen molar-refractivity contribution in [3.8, 4) is 0 Å². The predicted molar refractivity (Wildman–Crippen MR) is 107 cm³/mol. The SMILES string of the molecule is CC(=O)N1CCC(C2(N3CCC(N4CCC(C(C)C)CC4)CC3)CO2)CC1. The van der Waals surface area contributed by atoms with Gasteiger partial charge in [0.15, 0.2) is 0 Å². The van der Waals surface area contributed by atoms with E-state index in [0.29, 0.717) is 5.92 Å².